The van der Waals surface area contributed by atoms with E-state index < -0.39 is 0 Å². The van der Waals surface area contributed by atoms with E-state index in [1.54, 1.807) is 0 Å². The Bertz CT molecular complexity index is 2440. The topological polar surface area (TPSA) is 17.8 Å². The van der Waals surface area contributed by atoms with Gasteiger partial charge in [-0.1, -0.05) is 115 Å². The molecule has 9 aromatic rings. The SMILES string of the molecule is c1cncc(-c2c3ccccc3c(-c3ccc4c(c3)c3ccccc3n4-c3cccc4ccccc34)c3ccccc23)c1. The quantitative estimate of drug-likeness (QED) is 0.202. The molecule has 0 aliphatic carbocycles. The third kappa shape index (κ3) is 3.57. The highest BCUT2D eigenvalue weighted by atomic mass is 15.0. The number of para-hydroxylation sites is 1. The highest BCUT2D eigenvalue weighted by molar-refractivity contribution is 6.22. The lowest BCUT2D eigenvalue weighted by atomic mass is 9.86. The number of pyridine rings is 1. The highest BCUT2D eigenvalue weighted by Gasteiger charge is 2.19. The maximum Gasteiger partial charge on any atom is 0.0541 e. The fourth-order valence-electron chi connectivity index (χ4n) is 7.05. The molecule has 7 aromatic carbocycles. The van der Waals surface area contributed by atoms with Crippen LogP contribution in [0, 0.1) is 0 Å². The van der Waals surface area contributed by atoms with Crippen LogP contribution >= 0.6 is 0 Å². The first-order chi connectivity index (χ1) is 21.4. The van der Waals surface area contributed by atoms with Gasteiger partial charge in [0, 0.05) is 34.1 Å². The molecular formula is C41H26N2. The average Bonchev–Trinajstić information content (AvgIpc) is 3.40. The van der Waals surface area contributed by atoms with E-state index in [0.717, 1.165) is 5.56 Å². The van der Waals surface area contributed by atoms with Crippen molar-refractivity contribution in [3.63, 3.8) is 0 Å². The number of hydrogen-bond acceptors (Lipinski definition) is 1. The first-order valence-electron chi connectivity index (χ1n) is 14.7. The maximum atomic E-state index is 4.46. The minimum absolute atomic E-state index is 1.13. The summed E-state index contributed by atoms with van der Waals surface area (Å²) >= 11 is 0. The van der Waals surface area contributed by atoms with E-state index in [2.05, 4.69) is 149 Å². The summed E-state index contributed by atoms with van der Waals surface area (Å²) in [7, 11) is 0. The molecule has 0 spiro atoms. The number of fused-ring (bicyclic) bond motifs is 6. The normalized spacial score (nSPS) is 11.7. The first-order valence-corrected chi connectivity index (χ1v) is 14.7. The molecule has 2 nitrogen and oxygen atoms in total. The average molecular weight is 547 g/mol. The molecule has 0 aliphatic rings. The maximum absolute atomic E-state index is 4.46. The third-order valence-electron chi connectivity index (χ3n) is 8.85. The van der Waals surface area contributed by atoms with E-state index in [0.29, 0.717) is 0 Å². The Morgan fingerprint density at radius 2 is 0.977 bits per heavy atom. The van der Waals surface area contributed by atoms with Crippen LogP contribution in [-0.4, -0.2) is 9.55 Å². The Kier molecular flexibility index (Phi) is 5.23. The van der Waals surface area contributed by atoms with Crippen molar-refractivity contribution in [1.82, 2.24) is 9.55 Å². The predicted octanol–water partition coefficient (Wildman–Crippen LogP) is 11.0. The van der Waals surface area contributed by atoms with Crippen LogP contribution in [0.15, 0.2) is 158 Å². The zero-order chi connectivity index (χ0) is 28.3. The van der Waals surface area contributed by atoms with E-state index >= 15 is 0 Å². The minimum Gasteiger partial charge on any atom is -0.309 e. The van der Waals surface area contributed by atoms with Gasteiger partial charge in [0.25, 0.3) is 0 Å². The summed E-state index contributed by atoms with van der Waals surface area (Å²) in [5, 5.41) is 9.98. The number of rotatable bonds is 3. The monoisotopic (exact) mass is 546 g/mol. The molecule has 0 atom stereocenters. The fourth-order valence-corrected chi connectivity index (χ4v) is 7.05. The number of hydrogen-bond donors (Lipinski definition) is 0. The Hall–Kier alpha value is -5.73. The number of aromatic nitrogens is 2. The smallest absolute Gasteiger partial charge is 0.0541 e. The summed E-state index contributed by atoms with van der Waals surface area (Å²) in [5.41, 5.74) is 8.48. The van der Waals surface area contributed by atoms with E-state index in [-0.39, 0.29) is 0 Å². The van der Waals surface area contributed by atoms with Crippen molar-refractivity contribution in [2.45, 2.75) is 0 Å². The van der Waals surface area contributed by atoms with Gasteiger partial charge >= 0.3 is 0 Å². The molecule has 0 saturated carbocycles. The molecule has 2 heterocycles. The second kappa shape index (κ2) is 9.40. The molecule has 2 heteroatoms. The van der Waals surface area contributed by atoms with Gasteiger partial charge in [-0.05, 0) is 74.0 Å². The van der Waals surface area contributed by atoms with Crippen molar-refractivity contribution in [2.75, 3.05) is 0 Å². The van der Waals surface area contributed by atoms with E-state index in [1.807, 2.05) is 18.5 Å². The Morgan fingerprint density at radius 1 is 0.395 bits per heavy atom. The third-order valence-corrected chi connectivity index (χ3v) is 8.85. The van der Waals surface area contributed by atoms with Crippen LogP contribution in [0.25, 0.3) is 82.1 Å². The lowest BCUT2D eigenvalue weighted by Crippen LogP contribution is -1.95. The minimum atomic E-state index is 1.13. The van der Waals surface area contributed by atoms with Gasteiger partial charge in [0.1, 0.15) is 0 Å². The van der Waals surface area contributed by atoms with Gasteiger partial charge in [-0.2, -0.15) is 0 Å². The van der Waals surface area contributed by atoms with Gasteiger partial charge in [-0.3, -0.25) is 4.98 Å². The molecule has 9 rings (SSSR count). The number of benzene rings is 7. The molecule has 200 valence electrons. The van der Waals surface area contributed by atoms with Gasteiger partial charge < -0.3 is 4.57 Å². The van der Waals surface area contributed by atoms with Crippen LogP contribution in [0.4, 0.5) is 0 Å². The van der Waals surface area contributed by atoms with Crippen molar-refractivity contribution >= 4 is 54.1 Å². The summed E-state index contributed by atoms with van der Waals surface area (Å²) in [4.78, 5) is 4.46. The second-order valence-electron chi connectivity index (χ2n) is 11.2. The Labute approximate surface area is 249 Å². The Balaban J connectivity index is 1.38. The molecule has 43 heavy (non-hydrogen) atoms. The van der Waals surface area contributed by atoms with Crippen molar-refractivity contribution in [1.29, 1.82) is 0 Å². The molecule has 0 unspecified atom stereocenters. The zero-order valence-corrected chi connectivity index (χ0v) is 23.4. The zero-order valence-electron chi connectivity index (χ0n) is 23.4. The standard InChI is InChI=1S/C41H26N2/c1-2-14-30-27(11-1)12-9-21-37(30)43-38-20-8-7-15-31(38)36-25-28(22-23-39(36)43)40-32-16-3-5-18-34(32)41(29-13-10-24-42-26-29)35-19-6-4-17-33(35)40/h1-26H. The van der Waals surface area contributed by atoms with Crippen LogP contribution in [-0.2, 0) is 0 Å². The molecule has 0 radical (unpaired) electrons. The lowest BCUT2D eigenvalue weighted by molar-refractivity contribution is 1.20. The highest BCUT2D eigenvalue weighted by Crippen LogP contribution is 2.45. The van der Waals surface area contributed by atoms with Gasteiger partial charge in [0.2, 0.25) is 0 Å². The van der Waals surface area contributed by atoms with E-state index in [4.69, 9.17) is 0 Å². The van der Waals surface area contributed by atoms with Crippen LogP contribution in [0.5, 0.6) is 0 Å². The van der Waals surface area contributed by atoms with Crippen LogP contribution in [0.3, 0.4) is 0 Å². The van der Waals surface area contributed by atoms with E-state index in [9.17, 15) is 0 Å². The number of nitrogens with zero attached hydrogens (tertiary/aromatic N) is 2. The second-order valence-corrected chi connectivity index (χ2v) is 11.2. The van der Waals surface area contributed by atoms with Gasteiger partial charge in [0.15, 0.2) is 0 Å². The summed E-state index contributed by atoms with van der Waals surface area (Å²) in [6.07, 6.45) is 3.81. The molecular weight excluding hydrogens is 520 g/mol. The molecule has 0 saturated heterocycles. The van der Waals surface area contributed by atoms with Gasteiger partial charge in [-0.15, -0.1) is 0 Å². The van der Waals surface area contributed by atoms with E-state index in [1.165, 1.54) is 76.5 Å². The first kappa shape index (κ1) is 23.9. The van der Waals surface area contributed by atoms with Crippen LogP contribution in [0.1, 0.15) is 0 Å². The van der Waals surface area contributed by atoms with Gasteiger partial charge in [-0.25, -0.2) is 0 Å². The van der Waals surface area contributed by atoms with Crippen molar-refractivity contribution < 1.29 is 0 Å². The Morgan fingerprint density at radius 3 is 1.67 bits per heavy atom. The van der Waals surface area contributed by atoms with Crippen molar-refractivity contribution in [2.24, 2.45) is 0 Å². The summed E-state index contributed by atoms with van der Waals surface area (Å²) in [6.45, 7) is 0. The van der Waals surface area contributed by atoms with Crippen molar-refractivity contribution in [3.05, 3.63) is 158 Å². The molecule has 0 fully saturated rings. The van der Waals surface area contributed by atoms with Crippen LogP contribution in [0.2, 0.25) is 0 Å². The molecule has 0 bridgehead atoms. The van der Waals surface area contributed by atoms with Crippen LogP contribution < -0.4 is 0 Å². The predicted molar refractivity (Wildman–Crippen MR) is 182 cm³/mol. The summed E-state index contributed by atoms with van der Waals surface area (Å²) in [5.74, 6) is 0. The fraction of sp³-hybridized carbons (Fsp3) is 0. The largest absolute Gasteiger partial charge is 0.309 e. The molecule has 0 aliphatic heterocycles. The summed E-state index contributed by atoms with van der Waals surface area (Å²) < 4.78 is 2.43. The van der Waals surface area contributed by atoms with Gasteiger partial charge in [0.05, 0.1) is 16.7 Å². The van der Waals surface area contributed by atoms with Crippen molar-refractivity contribution in [3.8, 4) is 27.9 Å². The molecule has 0 N–H and O–H groups in total. The lowest BCUT2D eigenvalue weighted by Gasteiger charge is -2.17. The molecule has 0 amide bonds. The summed E-state index contributed by atoms with van der Waals surface area (Å²) in [6, 6.07) is 52.8. The molecule has 2 aromatic heterocycles.